The highest BCUT2D eigenvalue weighted by Crippen LogP contribution is 2.22. The molecule has 98 valence electrons. The zero-order chi connectivity index (χ0) is 12.8. The van der Waals surface area contributed by atoms with Crippen LogP contribution in [0, 0.1) is 5.92 Å². The first-order valence-electron chi connectivity index (χ1n) is 6.44. The quantitative estimate of drug-likeness (QED) is 0.850. The fourth-order valence-corrected chi connectivity index (χ4v) is 3.36. The fourth-order valence-electron chi connectivity index (χ4n) is 2.07. The molecule has 1 fully saturated rings. The average molecular weight is 264 g/mol. The van der Waals surface area contributed by atoms with Crippen LogP contribution in [0.25, 0.3) is 0 Å². The van der Waals surface area contributed by atoms with Crippen molar-refractivity contribution in [2.75, 3.05) is 24.6 Å². The maximum atomic E-state index is 11.9. The zero-order valence-corrected chi connectivity index (χ0v) is 11.3. The molecule has 1 unspecified atom stereocenters. The number of thioether (sulfide) groups is 1. The van der Waals surface area contributed by atoms with Gasteiger partial charge in [-0.25, -0.2) is 0 Å². The van der Waals surface area contributed by atoms with E-state index in [9.17, 15) is 4.79 Å². The molecule has 1 aromatic carbocycles. The predicted octanol–water partition coefficient (Wildman–Crippen LogP) is 1.67. The fraction of sp³-hybridized carbons (Fsp3) is 0.500. The molecule has 1 heterocycles. The van der Waals surface area contributed by atoms with Crippen LogP contribution in [-0.4, -0.2) is 30.5 Å². The Morgan fingerprint density at radius 3 is 2.78 bits per heavy atom. The molecule has 1 amide bonds. The topological polar surface area (TPSA) is 55.1 Å². The molecule has 1 saturated heterocycles. The molecule has 3 N–H and O–H groups in total. The predicted molar refractivity (Wildman–Crippen MR) is 77.0 cm³/mol. The van der Waals surface area contributed by atoms with E-state index in [1.165, 1.54) is 23.5 Å². The molecule has 18 heavy (non-hydrogen) atoms. The van der Waals surface area contributed by atoms with E-state index in [4.69, 9.17) is 5.73 Å². The van der Waals surface area contributed by atoms with Crippen LogP contribution in [0.3, 0.4) is 0 Å². The van der Waals surface area contributed by atoms with Crippen molar-refractivity contribution in [1.82, 2.24) is 5.32 Å². The van der Waals surface area contributed by atoms with Gasteiger partial charge < -0.3 is 11.1 Å². The summed E-state index contributed by atoms with van der Waals surface area (Å²) < 4.78 is 0. The summed E-state index contributed by atoms with van der Waals surface area (Å²) in [7, 11) is 0. The normalized spacial score (nSPS) is 18.8. The second-order valence-corrected chi connectivity index (χ2v) is 5.83. The lowest BCUT2D eigenvalue weighted by atomic mass is 10.1. The van der Waals surface area contributed by atoms with E-state index in [1.807, 2.05) is 36.0 Å². The lowest BCUT2D eigenvalue weighted by Crippen LogP contribution is -2.29. The number of carbonyl (C=O) groups excluding carboxylic acids is 1. The first-order valence-corrected chi connectivity index (χ1v) is 7.60. The summed E-state index contributed by atoms with van der Waals surface area (Å²) >= 11 is 1.97. The van der Waals surface area contributed by atoms with Gasteiger partial charge in [-0.05, 0) is 54.5 Å². The third-order valence-electron chi connectivity index (χ3n) is 3.22. The third-order valence-corrected chi connectivity index (χ3v) is 4.46. The first kappa shape index (κ1) is 13.4. The summed E-state index contributed by atoms with van der Waals surface area (Å²) in [6.07, 6.45) is 2.08. The van der Waals surface area contributed by atoms with E-state index in [-0.39, 0.29) is 5.91 Å². The molecule has 0 spiro atoms. The number of hydrogen-bond acceptors (Lipinski definition) is 3. The van der Waals surface area contributed by atoms with Gasteiger partial charge in [-0.3, -0.25) is 4.79 Å². The van der Waals surface area contributed by atoms with Crippen LogP contribution in [0.1, 0.15) is 22.3 Å². The van der Waals surface area contributed by atoms with Gasteiger partial charge in [0, 0.05) is 12.1 Å². The second kappa shape index (κ2) is 6.81. The van der Waals surface area contributed by atoms with Crippen LogP contribution in [0.4, 0.5) is 0 Å². The number of rotatable bonds is 5. The van der Waals surface area contributed by atoms with Crippen molar-refractivity contribution in [1.29, 1.82) is 0 Å². The summed E-state index contributed by atoms with van der Waals surface area (Å²) in [6, 6.07) is 7.72. The van der Waals surface area contributed by atoms with Crippen LogP contribution in [0.15, 0.2) is 24.3 Å². The van der Waals surface area contributed by atoms with E-state index in [0.29, 0.717) is 12.5 Å². The number of amides is 1. The average Bonchev–Trinajstić information content (AvgIpc) is 2.90. The van der Waals surface area contributed by atoms with Crippen LogP contribution in [0.2, 0.25) is 0 Å². The van der Waals surface area contributed by atoms with Gasteiger partial charge in [-0.1, -0.05) is 12.1 Å². The Morgan fingerprint density at radius 1 is 1.39 bits per heavy atom. The minimum atomic E-state index is 0.0335. The van der Waals surface area contributed by atoms with Gasteiger partial charge in [0.1, 0.15) is 0 Å². The summed E-state index contributed by atoms with van der Waals surface area (Å²) in [5, 5.41) is 3.02. The van der Waals surface area contributed by atoms with E-state index < -0.39 is 0 Å². The highest BCUT2D eigenvalue weighted by Gasteiger charge is 2.16. The first-order chi connectivity index (χ1) is 8.79. The second-order valence-electron chi connectivity index (χ2n) is 4.68. The Balaban J connectivity index is 1.83. The highest BCUT2D eigenvalue weighted by molar-refractivity contribution is 7.99. The lowest BCUT2D eigenvalue weighted by Gasteiger charge is -2.10. The number of hydrogen-bond donors (Lipinski definition) is 2. The molecular formula is C14H20N2OS. The molecule has 0 saturated carbocycles. The molecule has 0 aliphatic carbocycles. The number of nitrogens with one attached hydrogen (secondary N) is 1. The minimum absolute atomic E-state index is 0.0335. The molecule has 1 aromatic rings. The number of nitrogens with two attached hydrogens (primary N) is 1. The Morgan fingerprint density at radius 2 is 2.17 bits per heavy atom. The van der Waals surface area contributed by atoms with Gasteiger partial charge in [-0.2, -0.15) is 11.8 Å². The van der Waals surface area contributed by atoms with Gasteiger partial charge in [-0.15, -0.1) is 0 Å². The molecule has 0 bridgehead atoms. The maximum absolute atomic E-state index is 11.9. The van der Waals surface area contributed by atoms with Crippen LogP contribution >= 0.6 is 11.8 Å². The van der Waals surface area contributed by atoms with Gasteiger partial charge >= 0.3 is 0 Å². The third kappa shape index (κ3) is 3.75. The van der Waals surface area contributed by atoms with Gasteiger partial charge in [0.25, 0.3) is 5.91 Å². The molecular weight excluding hydrogens is 244 g/mol. The summed E-state index contributed by atoms with van der Waals surface area (Å²) in [6.45, 7) is 1.45. The van der Waals surface area contributed by atoms with Crippen molar-refractivity contribution >= 4 is 17.7 Å². The Labute approximate surface area is 113 Å². The van der Waals surface area contributed by atoms with Gasteiger partial charge in [0.05, 0.1) is 0 Å². The zero-order valence-electron chi connectivity index (χ0n) is 10.5. The monoisotopic (exact) mass is 264 g/mol. The van der Waals surface area contributed by atoms with Crippen molar-refractivity contribution in [3.8, 4) is 0 Å². The van der Waals surface area contributed by atoms with Gasteiger partial charge in [0.15, 0.2) is 0 Å². The molecule has 1 aliphatic rings. The standard InChI is InChI=1S/C14H20N2OS/c15-7-5-11-1-3-13(4-2-11)14(17)16-9-12-6-8-18-10-12/h1-4,12H,5-10,15H2,(H,16,17). The van der Waals surface area contributed by atoms with Crippen molar-refractivity contribution in [3.63, 3.8) is 0 Å². The van der Waals surface area contributed by atoms with Crippen LogP contribution < -0.4 is 11.1 Å². The van der Waals surface area contributed by atoms with Crippen molar-refractivity contribution < 1.29 is 4.79 Å². The van der Waals surface area contributed by atoms with Crippen molar-refractivity contribution in [2.24, 2.45) is 11.7 Å². The Kier molecular flexibility index (Phi) is 5.08. The Hall–Kier alpha value is -1.00. The van der Waals surface area contributed by atoms with Crippen molar-refractivity contribution in [2.45, 2.75) is 12.8 Å². The van der Waals surface area contributed by atoms with Crippen LogP contribution in [-0.2, 0) is 6.42 Å². The summed E-state index contributed by atoms with van der Waals surface area (Å²) in [4.78, 5) is 11.9. The van der Waals surface area contributed by atoms with Crippen molar-refractivity contribution in [3.05, 3.63) is 35.4 Å². The van der Waals surface area contributed by atoms with Gasteiger partial charge in [0.2, 0.25) is 0 Å². The molecule has 4 heteroatoms. The maximum Gasteiger partial charge on any atom is 0.251 e. The molecule has 1 aliphatic heterocycles. The molecule has 0 aromatic heterocycles. The van der Waals surface area contributed by atoms with Crippen LogP contribution in [0.5, 0.6) is 0 Å². The lowest BCUT2D eigenvalue weighted by molar-refractivity contribution is 0.0948. The van der Waals surface area contributed by atoms with E-state index in [2.05, 4.69) is 5.32 Å². The molecule has 0 radical (unpaired) electrons. The number of benzene rings is 1. The Bertz CT molecular complexity index is 385. The molecule has 1 atom stereocenters. The van der Waals surface area contributed by atoms with E-state index >= 15 is 0 Å². The minimum Gasteiger partial charge on any atom is -0.352 e. The molecule has 2 rings (SSSR count). The smallest absolute Gasteiger partial charge is 0.251 e. The largest absolute Gasteiger partial charge is 0.352 e. The number of carbonyl (C=O) groups is 1. The highest BCUT2D eigenvalue weighted by atomic mass is 32.2. The van der Waals surface area contributed by atoms with E-state index in [0.717, 1.165) is 18.5 Å². The molecule has 3 nitrogen and oxygen atoms in total. The van der Waals surface area contributed by atoms with E-state index in [1.54, 1.807) is 0 Å². The summed E-state index contributed by atoms with van der Waals surface area (Å²) in [5.74, 6) is 3.09. The SMILES string of the molecule is NCCc1ccc(C(=O)NCC2CCSC2)cc1. The summed E-state index contributed by atoms with van der Waals surface area (Å²) in [5.41, 5.74) is 7.41.